The van der Waals surface area contributed by atoms with Crippen LogP contribution in [-0.4, -0.2) is 40.0 Å². The van der Waals surface area contributed by atoms with Gasteiger partial charge in [0.25, 0.3) is 5.91 Å². The Labute approximate surface area is 181 Å². The largest absolute Gasteiger partial charge is 0.342 e. The van der Waals surface area contributed by atoms with Crippen molar-refractivity contribution in [2.45, 2.75) is 25.2 Å². The molecule has 0 unspecified atom stereocenters. The van der Waals surface area contributed by atoms with Crippen LogP contribution in [0.2, 0.25) is 5.02 Å². The topological polar surface area (TPSA) is 75.2 Å². The number of benzene rings is 1. The minimum Gasteiger partial charge on any atom is -0.342 e. The van der Waals surface area contributed by atoms with Crippen molar-refractivity contribution in [1.29, 1.82) is 0 Å². The summed E-state index contributed by atoms with van der Waals surface area (Å²) in [6.45, 7) is 1.39. The van der Waals surface area contributed by atoms with Gasteiger partial charge in [-0.05, 0) is 42.5 Å². The van der Waals surface area contributed by atoms with Gasteiger partial charge in [0.05, 0.1) is 6.42 Å². The van der Waals surface area contributed by atoms with Gasteiger partial charge in [-0.2, -0.15) is 0 Å². The summed E-state index contributed by atoms with van der Waals surface area (Å²) in [6, 6.07) is 10.9. The second-order valence-electron chi connectivity index (χ2n) is 6.84. The molecule has 1 atom stereocenters. The van der Waals surface area contributed by atoms with Crippen molar-refractivity contribution in [3.63, 3.8) is 0 Å². The maximum Gasteiger partial charge on any atom is 0.286 e. The Kier molecular flexibility index (Phi) is 6.22. The van der Waals surface area contributed by atoms with E-state index < -0.39 is 0 Å². The van der Waals surface area contributed by atoms with E-state index in [1.54, 1.807) is 35.6 Å². The number of piperidine rings is 1. The van der Waals surface area contributed by atoms with Crippen molar-refractivity contribution < 1.29 is 9.59 Å². The van der Waals surface area contributed by atoms with Crippen LogP contribution in [0.3, 0.4) is 0 Å². The third kappa shape index (κ3) is 5.01. The molecule has 0 saturated carbocycles. The van der Waals surface area contributed by atoms with Gasteiger partial charge in [-0.1, -0.05) is 35.1 Å². The number of nitrogens with one attached hydrogen (secondary N) is 1. The average Bonchev–Trinajstić information content (AvgIpc) is 3.40. The summed E-state index contributed by atoms with van der Waals surface area (Å²) in [6.07, 6.45) is 2.30. The summed E-state index contributed by atoms with van der Waals surface area (Å²) in [4.78, 5) is 28.1. The molecule has 3 heterocycles. The number of anilines is 1. The van der Waals surface area contributed by atoms with E-state index in [-0.39, 0.29) is 17.7 Å². The first-order chi connectivity index (χ1) is 14.1. The van der Waals surface area contributed by atoms with Crippen molar-refractivity contribution >= 4 is 51.8 Å². The van der Waals surface area contributed by atoms with Crippen LogP contribution in [-0.2, 0) is 11.2 Å². The Morgan fingerprint density at radius 3 is 2.93 bits per heavy atom. The third-order valence-corrected chi connectivity index (χ3v) is 6.94. The summed E-state index contributed by atoms with van der Waals surface area (Å²) in [5.74, 6) is -0.0562. The zero-order chi connectivity index (χ0) is 20.2. The van der Waals surface area contributed by atoms with Crippen LogP contribution in [0.4, 0.5) is 5.69 Å². The first kappa shape index (κ1) is 20.0. The van der Waals surface area contributed by atoms with Crippen LogP contribution in [0, 0.1) is 0 Å². The number of thiophene rings is 1. The minimum absolute atomic E-state index is 0.112. The molecule has 1 aromatic carbocycles. The zero-order valence-corrected chi connectivity index (χ0v) is 17.9. The molecule has 1 aliphatic rings. The number of hydrogen-bond acceptors (Lipinski definition) is 6. The highest BCUT2D eigenvalue weighted by Crippen LogP contribution is 2.30. The van der Waals surface area contributed by atoms with E-state index in [1.807, 2.05) is 22.4 Å². The van der Waals surface area contributed by atoms with Crippen LogP contribution in [0.5, 0.6) is 0 Å². The molecular weight excluding hydrogens is 428 g/mol. The van der Waals surface area contributed by atoms with E-state index in [0.29, 0.717) is 28.7 Å². The lowest BCUT2D eigenvalue weighted by molar-refractivity contribution is -0.131. The van der Waals surface area contributed by atoms with Gasteiger partial charge in [0, 0.05) is 34.6 Å². The molecule has 6 nitrogen and oxygen atoms in total. The number of nitrogens with zero attached hydrogens (tertiary/aromatic N) is 3. The Balaban J connectivity index is 1.39. The summed E-state index contributed by atoms with van der Waals surface area (Å²) < 4.78 is 0. The van der Waals surface area contributed by atoms with Gasteiger partial charge in [-0.25, -0.2) is 0 Å². The molecule has 0 radical (unpaired) electrons. The molecule has 0 aliphatic carbocycles. The second kappa shape index (κ2) is 9.02. The molecule has 4 rings (SSSR count). The quantitative estimate of drug-likeness (QED) is 0.628. The molecular formula is C20H19ClN4O2S2. The van der Waals surface area contributed by atoms with Crippen LogP contribution >= 0.6 is 34.3 Å². The predicted octanol–water partition coefficient (Wildman–Crippen LogP) is 4.45. The molecule has 0 bridgehead atoms. The Hall–Kier alpha value is -2.29. The van der Waals surface area contributed by atoms with Gasteiger partial charge < -0.3 is 10.2 Å². The maximum absolute atomic E-state index is 12.6. The fraction of sp³-hybridized carbons (Fsp3) is 0.300. The van der Waals surface area contributed by atoms with Crippen LogP contribution in [0.1, 0.15) is 38.4 Å². The molecule has 1 fully saturated rings. The third-order valence-electron chi connectivity index (χ3n) is 4.75. The highest BCUT2D eigenvalue weighted by atomic mass is 35.5. The summed E-state index contributed by atoms with van der Waals surface area (Å²) in [7, 11) is 0. The van der Waals surface area contributed by atoms with Gasteiger partial charge in [-0.3, -0.25) is 9.59 Å². The maximum atomic E-state index is 12.6. The number of aromatic nitrogens is 2. The number of likely N-dealkylation sites (tertiary alicyclic amines) is 1. The first-order valence-corrected chi connectivity index (χ1v) is 11.4. The lowest BCUT2D eigenvalue weighted by Gasteiger charge is -2.31. The minimum atomic E-state index is -0.308. The number of carbonyl (C=O) groups is 2. The fourth-order valence-electron chi connectivity index (χ4n) is 3.32. The number of hydrogen-bond donors (Lipinski definition) is 1. The van der Waals surface area contributed by atoms with E-state index in [2.05, 4.69) is 15.5 Å². The molecule has 2 aromatic heterocycles. The molecule has 0 spiro atoms. The van der Waals surface area contributed by atoms with Crippen LogP contribution < -0.4 is 5.32 Å². The molecule has 3 aromatic rings. The lowest BCUT2D eigenvalue weighted by Crippen LogP contribution is -2.39. The van der Waals surface area contributed by atoms with Gasteiger partial charge in [0.1, 0.15) is 5.01 Å². The van der Waals surface area contributed by atoms with Gasteiger partial charge in [0.15, 0.2) is 0 Å². The summed E-state index contributed by atoms with van der Waals surface area (Å²) in [5.41, 5.74) is 0.613. The predicted molar refractivity (Wildman–Crippen MR) is 116 cm³/mol. The highest BCUT2D eigenvalue weighted by molar-refractivity contribution is 7.13. The van der Waals surface area contributed by atoms with Crippen LogP contribution in [0.15, 0.2) is 41.8 Å². The number of amides is 2. The molecule has 1 saturated heterocycles. The van der Waals surface area contributed by atoms with Crippen molar-refractivity contribution in [2.24, 2.45) is 0 Å². The summed E-state index contributed by atoms with van der Waals surface area (Å²) in [5, 5.41) is 14.7. The molecule has 2 amide bonds. The van der Waals surface area contributed by atoms with Crippen LogP contribution in [0.25, 0.3) is 0 Å². The van der Waals surface area contributed by atoms with E-state index in [1.165, 1.54) is 11.3 Å². The van der Waals surface area contributed by atoms with Crippen molar-refractivity contribution in [1.82, 2.24) is 15.1 Å². The number of rotatable bonds is 5. The Bertz CT molecular complexity index is 1010. The van der Waals surface area contributed by atoms with Gasteiger partial charge in [-0.15, -0.1) is 21.5 Å². The smallest absolute Gasteiger partial charge is 0.286 e. The average molecular weight is 447 g/mol. The van der Waals surface area contributed by atoms with E-state index in [9.17, 15) is 9.59 Å². The standard InChI is InChI=1S/C20H19ClN4O2S2/c21-14-5-1-6-15(10-14)22-18(27)20-24-23-19(29-20)13-4-2-8-25(12-13)17(26)11-16-7-3-9-28-16/h1,3,5-7,9-10,13H,2,4,8,11-12H2,(H,22,27)/t13-/m0/s1. The van der Waals surface area contributed by atoms with Gasteiger partial charge in [0.2, 0.25) is 10.9 Å². The SMILES string of the molecule is O=C(Nc1cccc(Cl)c1)c1nnc([C@H]2CCCN(C(=O)Cc3cccs3)C2)s1. The lowest BCUT2D eigenvalue weighted by atomic mass is 9.98. The molecule has 1 N–H and O–H groups in total. The highest BCUT2D eigenvalue weighted by Gasteiger charge is 2.28. The normalized spacial score (nSPS) is 16.6. The molecule has 1 aliphatic heterocycles. The molecule has 9 heteroatoms. The van der Waals surface area contributed by atoms with E-state index in [0.717, 1.165) is 29.3 Å². The Morgan fingerprint density at radius 2 is 2.14 bits per heavy atom. The molecule has 29 heavy (non-hydrogen) atoms. The van der Waals surface area contributed by atoms with Crippen molar-refractivity contribution in [2.75, 3.05) is 18.4 Å². The van der Waals surface area contributed by atoms with Crippen molar-refractivity contribution in [3.05, 3.63) is 61.7 Å². The number of carbonyl (C=O) groups excluding carboxylic acids is 2. The molecule has 150 valence electrons. The van der Waals surface area contributed by atoms with E-state index in [4.69, 9.17) is 11.6 Å². The monoisotopic (exact) mass is 446 g/mol. The van der Waals surface area contributed by atoms with E-state index >= 15 is 0 Å². The first-order valence-electron chi connectivity index (χ1n) is 9.29. The van der Waals surface area contributed by atoms with Gasteiger partial charge >= 0.3 is 0 Å². The second-order valence-corrected chi connectivity index (χ2v) is 9.32. The zero-order valence-electron chi connectivity index (χ0n) is 15.5. The number of halogens is 1. The van der Waals surface area contributed by atoms with Crippen molar-refractivity contribution in [3.8, 4) is 0 Å². The summed E-state index contributed by atoms with van der Waals surface area (Å²) >= 11 is 8.84. The fourth-order valence-corrected chi connectivity index (χ4v) is 5.07. The Morgan fingerprint density at radius 1 is 1.24 bits per heavy atom.